The quantitative estimate of drug-likeness (QED) is 0.0349. The maximum absolute atomic E-state index is 13.4. The molecule has 0 spiro atoms. The maximum Gasteiger partial charge on any atom is 0.631 e. The molecule has 0 aliphatic heterocycles. The molecule has 8 rings (SSSR count). The summed E-state index contributed by atoms with van der Waals surface area (Å²) in [7, 11) is -2.17. The van der Waals surface area contributed by atoms with Crippen LogP contribution >= 0.6 is 0 Å². The molecule has 0 heterocycles. The summed E-state index contributed by atoms with van der Waals surface area (Å²) in [4.78, 5) is 0. The molecular formula is C60H36BF40N3O3. The second-order valence-electron chi connectivity index (χ2n) is 19.3. The molecule has 6 nitrogen and oxygen atoms in total. The first kappa shape index (κ1) is 95.8. The van der Waals surface area contributed by atoms with Gasteiger partial charge in [-0.3, -0.25) is 0 Å². The van der Waals surface area contributed by atoms with Gasteiger partial charge in [0.15, 0.2) is 186 Å². The van der Waals surface area contributed by atoms with E-state index in [9.17, 15) is 176 Å². The minimum absolute atomic E-state index is 0.844. The Hall–Kier alpha value is -9.22. The van der Waals surface area contributed by atoms with E-state index in [0.29, 0.717) is 0 Å². The van der Waals surface area contributed by atoms with Crippen LogP contribution in [0.15, 0.2) is 0 Å². The van der Waals surface area contributed by atoms with Gasteiger partial charge in [0.1, 0.15) is 0 Å². The van der Waals surface area contributed by atoms with E-state index in [1.54, 1.807) is 0 Å². The van der Waals surface area contributed by atoms with E-state index >= 15 is 0 Å². The van der Waals surface area contributed by atoms with Gasteiger partial charge in [0, 0.05) is 0 Å². The molecule has 0 radical (unpaired) electrons. The van der Waals surface area contributed by atoms with E-state index in [-0.39, 0.29) is 0 Å². The minimum atomic E-state index is -2.68. The lowest BCUT2D eigenvalue weighted by Crippen LogP contribution is -2.10. The number of hydrogen-bond donors (Lipinski definition) is 6. The molecule has 0 saturated carbocycles. The summed E-state index contributed by atoms with van der Waals surface area (Å²) < 4.78 is 525. The van der Waals surface area contributed by atoms with Crippen molar-refractivity contribution in [2.75, 3.05) is 19.6 Å². The molecule has 592 valence electrons. The highest BCUT2D eigenvalue weighted by molar-refractivity contribution is 6.30. The first-order valence-electron chi connectivity index (χ1n) is 27.7. The van der Waals surface area contributed by atoms with Gasteiger partial charge < -0.3 is 32.3 Å². The summed E-state index contributed by atoms with van der Waals surface area (Å²) in [6.45, 7) is 8.93. The van der Waals surface area contributed by atoms with Gasteiger partial charge in [-0.15, -0.1) is 0 Å². The summed E-state index contributed by atoms with van der Waals surface area (Å²) in [5.74, 6) is -107. The summed E-state index contributed by atoms with van der Waals surface area (Å²) in [6.07, 6.45) is 7.16. The van der Waals surface area contributed by atoms with E-state index in [2.05, 4.69) is 20.8 Å². The van der Waals surface area contributed by atoms with Crippen molar-refractivity contribution in [1.82, 2.24) is 0 Å². The molecule has 107 heavy (non-hydrogen) atoms. The van der Waals surface area contributed by atoms with Crippen LogP contribution in [0.5, 0.6) is 0 Å². The molecule has 9 N–H and O–H groups in total. The summed E-state index contributed by atoms with van der Waals surface area (Å²) in [6, 6.07) is 0. The molecule has 0 bridgehead atoms. The topological polar surface area (TPSA) is 139 Å². The monoisotopic (exact) mass is 1620 g/mol. The van der Waals surface area contributed by atoms with Crippen molar-refractivity contribution in [3.8, 4) is 44.5 Å². The number of unbranched alkanes of at least 4 members (excludes halogenated alkanes) is 3. The molecule has 0 aliphatic rings. The molecule has 8 aromatic carbocycles. The molecule has 0 saturated heterocycles. The van der Waals surface area contributed by atoms with Crippen LogP contribution in [0.2, 0.25) is 0 Å². The Labute approximate surface area is 570 Å². The van der Waals surface area contributed by atoms with Crippen LogP contribution in [0.3, 0.4) is 0 Å². The molecule has 0 atom stereocenters. The van der Waals surface area contributed by atoms with Crippen LogP contribution in [-0.2, 0) is 0 Å². The lowest BCUT2D eigenvalue weighted by molar-refractivity contribution is 0.278. The van der Waals surface area contributed by atoms with Crippen LogP contribution in [0.1, 0.15) is 59.3 Å². The number of rotatable bonds is 10. The van der Waals surface area contributed by atoms with Crippen molar-refractivity contribution in [1.29, 1.82) is 0 Å². The molecule has 47 heteroatoms. The zero-order valence-electron chi connectivity index (χ0n) is 52.1. The van der Waals surface area contributed by atoms with Gasteiger partial charge in [0.25, 0.3) is 0 Å². The van der Waals surface area contributed by atoms with E-state index in [1.807, 2.05) is 0 Å². The summed E-state index contributed by atoms with van der Waals surface area (Å²) >= 11 is 0. The van der Waals surface area contributed by atoms with Gasteiger partial charge >= 0.3 is 7.32 Å². The van der Waals surface area contributed by atoms with Gasteiger partial charge in [0.2, 0.25) is 46.5 Å². The van der Waals surface area contributed by atoms with Gasteiger partial charge in [-0.25, -0.2) is 176 Å². The molecular weight excluding hydrogens is 1580 g/mol. The van der Waals surface area contributed by atoms with Crippen molar-refractivity contribution < 1.29 is 191 Å². The largest absolute Gasteiger partial charge is 0.631 e. The molecule has 8 aromatic rings. The third-order valence-electron chi connectivity index (χ3n) is 12.4. The van der Waals surface area contributed by atoms with Gasteiger partial charge in [0.05, 0.1) is 44.5 Å². The lowest BCUT2D eigenvalue weighted by Gasteiger charge is -2.11. The van der Waals surface area contributed by atoms with Crippen LogP contribution in [-0.4, -0.2) is 42.0 Å². The zero-order valence-corrected chi connectivity index (χ0v) is 52.1. The highest BCUT2D eigenvalue weighted by Gasteiger charge is 2.39. The van der Waals surface area contributed by atoms with E-state index in [0.717, 1.165) is 19.6 Å². The Bertz CT molecular complexity index is 3480. The van der Waals surface area contributed by atoms with Crippen molar-refractivity contribution in [2.45, 2.75) is 59.3 Å². The minimum Gasteiger partial charge on any atom is -0.402 e. The van der Waals surface area contributed by atoms with Crippen LogP contribution < -0.4 is 17.2 Å². The third kappa shape index (κ3) is 20.7. The lowest BCUT2D eigenvalue weighted by atomic mass is 10.0. The summed E-state index contributed by atoms with van der Waals surface area (Å²) in [5, 5.41) is 21.5. The summed E-state index contributed by atoms with van der Waals surface area (Å²) in [5.41, 5.74) is -2.66. The normalized spacial score (nSPS) is 10.6. The number of benzene rings is 8. The molecule has 0 amide bonds. The first-order chi connectivity index (χ1) is 49.4. The Kier molecular flexibility index (Phi) is 36.9. The Morgan fingerprint density at radius 3 is 0.252 bits per heavy atom. The zero-order chi connectivity index (χ0) is 83.7. The Morgan fingerprint density at radius 2 is 0.215 bits per heavy atom. The highest BCUT2D eigenvalue weighted by Crippen LogP contribution is 2.42. The molecule has 0 aliphatic carbocycles. The van der Waals surface area contributed by atoms with E-state index in [4.69, 9.17) is 32.3 Å². The van der Waals surface area contributed by atoms with E-state index in [1.165, 1.54) is 38.5 Å². The van der Waals surface area contributed by atoms with Gasteiger partial charge in [-0.05, 0) is 38.9 Å². The second-order valence-corrected chi connectivity index (χ2v) is 19.3. The number of nitrogens with two attached hydrogens (primary N) is 3. The first-order valence-corrected chi connectivity index (χ1v) is 27.7. The molecule has 0 aromatic heterocycles. The Balaban J connectivity index is 0.000000658. The second kappa shape index (κ2) is 41.2. The fourth-order valence-electron chi connectivity index (χ4n) is 7.21. The van der Waals surface area contributed by atoms with Gasteiger partial charge in [-0.2, -0.15) is 0 Å². The predicted octanol–water partition coefficient (Wildman–Crippen LogP) is 19.2. The maximum atomic E-state index is 13.4. The number of hydrogen-bond acceptors (Lipinski definition) is 6. The highest BCUT2D eigenvalue weighted by atomic mass is 19.2. The number of halogens is 40. The standard InChI is InChI=1S/4C12F10.3C4H11N.BH3O3/c4*13-3-1(4(14)8(18)11(21)7(3)17)2-5(15)9(19)12(22)10(20)6(2)16;3*1-2-3-4-5;2-1(3)4/h;;;;3*2-5H2,1H3;2-4H. The average Bonchev–Trinajstić information content (AvgIpc) is 0.771. The van der Waals surface area contributed by atoms with Crippen LogP contribution in [0.4, 0.5) is 176 Å². The van der Waals surface area contributed by atoms with Crippen molar-refractivity contribution in [3.05, 3.63) is 233 Å². The van der Waals surface area contributed by atoms with Gasteiger partial charge in [-0.1, -0.05) is 40.0 Å². The van der Waals surface area contributed by atoms with Crippen molar-refractivity contribution in [3.63, 3.8) is 0 Å². The van der Waals surface area contributed by atoms with Crippen molar-refractivity contribution >= 4 is 7.32 Å². The third-order valence-corrected chi connectivity index (χ3v) is 12.4. The van der Waals surface area contributed by atoms with Crippen LogP contribution in [0.25, 0.3) is 44.5 Å². The SMILES string of the molecule is CCCCN.CCCCN.CCCCN.Fc1c(F)c(F)c(-c2c(F)c(F)c(F)c(F)c2F)c(F)c1F.Fc1c(F)c(F)c(-c2c(F)c(F)c(F)c(F)c2F)c(F)c1F.Fc1c(F)c(F)c(-c2c(F)c(F)c(F)c(F)c2F)c(F)c1F.Fc1c(F)c(F)c(-c2c(F)c(F)c(F)c(F)c2F)c(F)c1F.OB(O)O. The average molecular weight is 1620 g/mol. The smallest absolute Gasteiger partial charge is 0.402 e. The van der Waals surface area contributed by atoms with Crippen LogP contribution in [0, 0.1) is 233 Å². The fraction of sp³-hybridized carbons (Fsp3) is 0.200. The molecule has 0 fully saturated rings. The molecule has 0 unspecified atom stereocenters. The fourth-order valence-corrected chi connectivity index (χ4v) is 7.21. The van der Waals surface area contributed by atoms with Crippen molar-refractivity contribution in [2.24, 2.45) is 17.2 Å². The van der Waals surface area contributed by atoms with E-state index < -0.39 is 285 Å². The Morgan fingerprint density at radius 1 is 0.159 bits per heavy atom. The predicted molar refractivity (Wildman–Crippen MR) is 290 cm³/mol.